The Labute approximate surface area is 149 Å². The Balaban J connectivity index is 1.98. The predicted molar refractivity (Wildman–Crippen MR) is 98.7 cm³/mol. The molecule has 4 nitrogen and oxygen atoms in total. The van der Waals surface area contributed by atoms with Crippen LogP contribution in [0, 0.1) is 0 Å². The predicted octanol–water partition coefficient (Wildman–Crippen LogP) is 3.84. The van der Waals surface area contributed by atoms with Gasteiger partial charge in [-0.1, -0.05) is 55.8 Å². The van der Waals surface area contributed by atoms with Gasteiger partial charge in [0.15, 0.2) is 5.78 Å². The molecule has 0 aliphatic heterocycles. The third-order valence-corrected chi connectivity index (χ3v) is 4.15. The van der Waals surface area contributed by atoms with Crippen molar-refractivity contribution < 1.29 is 14.7 Å². The van der Waals surface area contributed by atoms with Gasteiger partial charge in [-0.2, -0.15) is 0 Å². The van der Waals surface area contributed by atoms with Gasteiger partial charge < -0.3 is 10.0 Å². The summed E-state index contributed by atoms with van der Waals surface area (Å²) in [6, 6.07) is 16.1. The number of para-hydroxylation sites is 1. The molecule has 4 heteroatoms. The molecular weight excluding hydrogens is 314 g/mol. The fraction of sp³-hybridized carbons (Fsp3) is 0.333. The maximum atomic E-state index is 12.6. The highest BCUT2D eigenvalue weighted by Crippen LogP contribution is 2.18. The number of hydrogen-bond acceptors (Lipinski definition) is 3. The summed E-state index contributed by atoms with van der Waals surface area (Å²) in [7, 11) is 0. The first kappa shape index (κ1) is 18.7. The summed E-state index contributed by atoms with van der Waals surface area (Å²) in [6.07, 6.45) is 2.45. The van der Waals surface area contributed by atoms with E-state index in [-0.39, 0.29) is 23.9 Å². The molecule has 0 fully saturated rings. The summed E-state index contributed by atoms with van der Waals surface area (Å²) in [5, 5.41) is 9.79. The van der Waals surface area contributed by atoms with E-state index in [1.54, 1.807) is 23.1 Å². The molecule has 1 N–H and O–H groups in total. The monoisotopic (exact) mass is 339 g/mol. The fourth-order valence-electron chi connectivity index (χ4n) is 2.67. The Bertz CT molecular complexity index is 697. The fourth-order valence-corrected chi connectivity index (χ4v) is 2.67. The van der Waals surface area contributed by atoms with Crippen LogP contribution in [0.15, 0.2) is 54.6 Å². The molecule has 0 atom stereocenters. The molecule has 132 valence electrons. The van der Waals surface area contributed by atoms with Crippen molar-refractivity contribution in [2.24, 2.45) is 0 Å². The summed E-state index contributed by atoms with van der Waals surface area (Å²) >= 11 is 0. The molecule has 0 saturated carbocycles. The van der Waals surface area contributed by atoms with Crippen LogP contribution in [0.1, 0.15) is 42.1 Å². The van der Waals surface area contributed by atoms with Gasteiger partial charge in [0.25, 0.3) is 0 Å². The van der Waals surface area contributed by atoms with Gasteiger partial charge in [-0.25, -0.2) is 0 Å². The van der Waals surface area contributed by atoms with Gasteiger partial charge in [0.2, 0.25) is 5.91 Å². The molecule has 0 aliphatic carbocycles. The van der Waals surface area contributed by atoms with Gasteiger partial charge in [0, 0.05) is 19.5 Å². The third-order valence-electron chi connectivity index (χ3n) is 4.15. The second-order valence-corrected chi connectivity index (χ2v) is 6.09. The van der Waals surface area contributed by atoms with Crippen molar-refractivity contribution in [1.29, 1.82) is 0 Å². The number of ketones is 1. The largest absolute Gasteiger partial charge is 0.507 e. The number of unbranched alkanes of at least 4 members (excludes halogenated alkanes) is 1. The quantitative estimate of drug-likeness (QED) is 0.706. The molecule has 0 aromatic heterocycles. The average molecular weight is 339 g/mol. The second kappa shape index (κ2) is 9.62. The molecule has 2 aromatic rings. The summed E-state index contributed by atoms with van der Waals surface area (Å²) in [5.41, 5.74) is 1.29. The molecule has 1 amide bonds. The Kier molecular flexibility index (Phi) is 7.20. The lowest BCUT2D eigenvalue weighted by Gasteiger charge is -2.22. The number of Topliss-reactive ketones (excluding diaryl/α,β-unsaturated/α-hetero) is 1. The Hall–Kier alpha value is -2.62. The standard InChI is InChI=1S/C21H25NO3/c1-2-3-14-22(21(25)16-17-9-5-4-6-10-17)15-13-20(24)18-11-7-8-12-19(18)23/h4-12,23H,2-3,13-16H2,1H3. The number of amides is 1. The van der Waals surface area contributed by atoms with Crippen LogP contribution in [0.5, 0.6) is 5.75 Å². The molecule has 0 heterocycles. The van der Waals surface area contributed by atoms with Crippen molar-refractivity contribution in [3.63, 3.8) is 0 Å². The van der Waals surface area contributed by atoms with Crippen molar-refractivity contribution >= 4 is 11.7 Å². The first-order chi connectivity index (χ1) is 12.1. The van der Waals surface area contributed by atoms with E-state index in [0.717, 1.165) is 18.4 Å². The number of aromatic hydroxyl groups is 1. The van der Waals surface area contributed by atoms with Gasteiger partial charge in [-0.3, -0.25) is 9.59 Å². The zero-order valence-electron chi connectivity index (χ0n) is 14.6. The summed E-state index contributed by atoms with van der Waals surface area (Å²) < 4.78 is 0. The van der Waals surface area contributed by atoms with Crippen molar-refractivity contribution in [3.8, 4) is 5.75 Å². The Morgan fingerprint density at radius 3 is 2.32 bits per heavy atom. The van der Waals surface area contributed by atoms with Crippen LogP contribution < -0.4 is 0 Å². The highest BCUT2D eigenvalue weighted by molar-refractivity contribution is 5.98. The lowest BCUT2D eigenvalue weighted by molar-refractivity contribution is -0.130. The number of phenolic OH excluding ortho intramolecular Hbond substituents is 1. The normalized spacial score (nSPS) is 10.4. The van der Waals surface area contributed by atoms with E-state index in [4.69, 9.17) is 0 Å². The summed E-state index contributed by atoms with van der Waals surface area (Å²) in [4.78, 5) is 26.7. The topological polar surface area (TPSA) is 57.6 Å². The molecule has 0 spiro atoms. The minimum absolute atomic E-state index is 0.0109. The van der Waals surface area contributed by atoms with Gasteiger partial charge in [-0.15, -0.1) is 0 Å². The van der Waals surface area contributed by atoms with Gasteiger partial charge >= 0.3 is 0 Å². The summed E-state index contributed by atoms with van der Waals surface area (Å²) in [5.74, 6) is -0.125. The van der Waals surface area contributed by atoms with Crippen LogP contribution in [0.4, 0.5) is 0 Å². The van der Waals surface area contributed by atoms with E-state index < -0.39 is 0 Å². The van der Waals surface area contributed by atoms with E-state index >= 15 is 0 Å². The number of hydrogen-bond donors (Lipinski definition) is 1. The van der Waals surface area contributed by atoms with Crippen molar-refractivity contribution in [2.45, 2.75) is 32.6 Å². The number of carbonyl (C=O) groups excluding carboxylic acids is 2. The van der Waals surface area contributed by atoms with Crippen molar-refractivity contribution in [2.75, 3.05) is 13.1 Å². The smallest absolute Gasteiger partial charge is 0.227 e. The van der Waals surface area contributed by atoms with E-state index in [1.807, 2.05) is 30.3 Å². The van der Waals surface area contributed by atoms with Crippen LogP contribution in [-0.4, -0.2) is 34.8 Å². The number of phenols is 1. The van der Waals surface area contributed by atoms with E-state index in [2.05, 4.69) is 6.92 Å². The molecule has 0 radical (unpaired) electrons. The zero-order chi connectivity index (χ0) is 18.1. The number of nitrogens with zero attached hydrogens (tertiary/aromatic N) is 1. The first-order valence-corrected chi connectivity index (χ1v) is 8.74. The van der Waals surface area contributed by atoms with Crippen molar-refractivity contribution in [1.82, 2.24) is 4.90 Å². The molecule has 0 bridgehead atoms. The van der Waals surface area contributed by atoms with Crippen LogP contribution in [0.25, 0.3) is 0 Å². The van der Waals surface area contributed by atoms with Crippen molar-refractivity contribution in [3.05, 3.63) is 65.7 Å². The molecule has 0 unspecified atom stereocenters. The Morgan fingerprint density at radius 1 is 0.960 bits per heavy atom. The molecule has 0 saturated heterocycles. The molecule has 0 aliphatic rings. The van der Waals surface area contributed by atoms with E-state index in [0.29, 0.717) is 25.1 Å². The highest BCUT2D eigenvalue weighted by Gasteiger charge is 2.17. The molecular formula is C21H25NO3. The highest BCUT2D eigenvalue weighted by atomic mass is 16.3. The minimum Gasteiger partial charge on any atom is -0.507 e. The van der Waals surface area contributed by atoms with Crippen LogP contribution in [-0.2, 0) is 11.2 Å². The zero-order valence-corrected chi connectivity index (χ0v) is 14.6. The van der Waals surface area contributed by atoms with Gasteiger partial charge in [0.1, 0.15) is 5.75 Å². The molecule has 25 heavy (non-hydrogen) atoms. The number of rotatable bonds is 9. The minimum atomic E-state index is -0.146. The van der Waals surface area contributed by atoms with Gasteiger partial charge in [0.05, 0.1) is 12.0 Å². The first-order valence-electron chi connectivity index (χ1n) is 8.74. The Morgan fingerprint density at radius 2 is 1.64 bits per heavy atom. The van der Waals surface area contributed by atoms with Gasteiger partial charge in [-0.05, 0) is 24.1 Å². The lowest BCUT2D eigenvalue weighted by atomic mass is 10.1. The lowest BCUT2D eigenvalue weighted by Crippen LogP contribution is -2.35. The molecule has 2 rings (SSSR count). The molecule has 2 aromatic carbocycles. The maximum Gasteiger partial charge on any atom is 0.227 e. The average Bonchev–Trinajstić information content (AvgIpc) is 2.62. The maximum absolute atomic E-state index is 12.6. The van der Waals surface area contributed by atoms with E-state index in [1.165, 1.54) is 6.07 Å². The SMILES string of the molecule is CCCCN(CCC(=O)c1ccccc1O)C(=O)Cc1ccccc1. The second-order valence-electron chi connectivity index (χ2n) is 6.09. The van der Waals surface area contributed by atoms with Crippen LogP contribution in [0.2, 0.25) is 0 Å². The van der Waals surface area contributed by atoms with E-state index in [9.17, 15) is 14.7 Å². The third kappa shape index (κ3) is 5.75. The van der Waals surface area contributed by atoms with Crippen LogP contribution in [0.3, 0.4) is 0 Å². The van der Waals surface area contributed by atoms with Crippen LogP contribution >= 0.6 is 0 Å². The number of benzene rings is 2. The summed E-state index contributed by atoms with van der Waals surface area (Å²) in [6.45, 7) is 3.10. The number of carbonyl (C=O) groups is 2.